The molecule has 5 rings (SSSR count). The molecule has 0 bridgehead atoms. The quantitative estimate of drug-likeness (QED) is 0.169. The van der Waals surface area contributed by atoms with Crippen molar-refractivity contribution in [2.45, 2.75) is 53.0 Å². The van der Waals surface area contributed by atoms with E-state index in [0.717, 1.165) is 38.0 Å². The predicted molar refractivity (Wildman–Crippen MR) is 157 cm³/mol. The van der Waals surface area contributed by atoms with Crippen LogP contribution >= 0.6 is 11.3 Å². The summed E-state index contributed by atoms with van der Waals surface area (Å²) in [5, 5.41) is 11.9. The van der Waals surface area contributed by atoms with Crippen molar-refractivity contribution in [2.75, 3.05) is 12.0 Å². The molecule has 1 unspecified atom stereocenters. The van der Waals surface area contributed by atoms with E-state index in [-0.39, 0.29) is 16.7 Å². The molecule has 1 aromatic heterocycles. The standard InChI is InChI=1S/C32H32N2O4S/c1-17-14-19(3)26-24(15-17)39-31(33-26)34-27(20-8-11-22(12-9-20)32(4,5)6)25(29(36)30(34)37)28(35)21-10-13-23(38-7)18(2)16-21/h8-16,27,35H,1-7H3/b28-25+. The van der Waals surface area contributed by atoms with Crippen LogP contribution in [0.1, 0.15) is 60.2 Å². The molecular formula is C32H32N2O4S. The van der Waals surface area contributed by atoms with E-state index in [1.165, 1.54) is 16.2 Å². The molecule has 1 aliphatic rings. The van der Waals surface area contributed by atoms with Crippen LogP contribution in [0.15, 0.2) is 60.2 Å². The van der Waals surface area contributed by atoms with Gasteiger partial charge < -0.3 is 9.84 Å². The fraction of sp³-hybridized carbons (Fsp3) is 0.281. The Morgan fingerprint density at radius 1 is 0.974 bits per heavy atom. The predicted octanol–water partition coefficient (Wildman–Crippen LogP) is 7.15. The lowest BCUT2D eigenvalue weighted by atomic mass is 9.85. The summed E-state index contributed by atoms with van der Waals surface area (Å²) >= 11 is 1.37. The van der Waals surface area contributed by atoms with E-state index >= 15 is 0 Å². The van der Waals surface area contributed by atoms with Crippen LogP contribution in [0.5, 0.6) is 5.75 Å². The molecular weight excluding hydrogens is 508 g/mol. The number of amides is 1. The van der Waals surface area contributed by atoms with Gasteiger partial charge >= 0.3 is 5.91 Å². The van der Waals surface area contributed by atoms with E-state index in [9.17, 15) is 14.7 Å². The van der Waals surface area contributed by atoms with E-state index in [4.69, 9.17) is 9.72 Å². The van der Waals surface area contributed by atoms with Gasteiger partial charge in [0.1, 0.15) is 11.5 Å². The summed E-state index contributed by atoms with van der Waals surface area (Å²) in [6.07, 6.45) is 0. The highest BCUT2D eigenvalue weighted by Gasteiger charge is 2.48. The number of carbonyl (C=O) groups is 2. The molecule has 3 aromatic carbocycles. The Balaban J connectivity index is 1.73. The Morgan fingerprint density at radius 3 is 2.28 bits per heavy atom. The number of hydrogen-bond acceptors (Lipinski definition) is 6. The largest absolute Gasteiger partial charge is 0.507 e. The van der Waals surface area contributed by atoms with Gasteiger partial charge in [-0.3, -0.25) is 14.5 Å². The number of carbonyl (C=O) groups excluding carboxylic acids is 2. The number of ketones is 1. The number of hydrogen-bond donors (Lipinski definition) is 1. The van der Waals surface area contributed by atoms with Gasteiger partial charge in [-0.15, -0.1) is 0 Å². The van der Waals surface area contributed by atoms with E-state index in [0.29, 0.717) is 16.4 Å². The first kappa shape index (κ1) is 26.6. The highest BCUT2D eigenvalue weighted by molar-refractivity contribution is 7.22. The number of aliphatic hydroxyl groups excluding tert-OH is 1. The van der Waals surface area contributed by atoms with Crippen LogP contribution in [0.3, 0.4) is 0 Å². The molecule has 4 aromatic rings. The van der Waals surface area contributed by atoms with Crippen LogP contribution in [-0.4, -0.2) is 28.9 Å². The maximum atomic E-state index is 13.6. The number of rotatable bonds is 4. The smallest absolute Gasteiger partial charge is 0.301 e. The number of nitrogens with zero attached hydrogens (tertiary/aromatic N) is 2. The summed E-state index contributed by atoms with van der Waals surface area (Å²) < 4.78 is 6.30. The van der Waals surface area contributed by atoms with Crippen LogP contribution < -0.4 is 9.64 Å². The maximum absolute atomic E-state index is 13.6. The average molecular weight is 541 g/mol. The number of ether oxygens (including phenoxy) is 1. The average Bonchev–Trinajstić information content (AvgIpc) is 3.41. The third-order valence-corrected chi connectivity index (χ3v) is 8.23. The molecule has 39 heavy (non-hydrogen) atoms. The second-order valence-corrected chi connectivity index (χ2v) is 12.2. The molecule has 0 spiro atoms. The van der Waals surface area contributed by atoms with Crippen LogP contribution in [0.25, 0.3) is 16.0 Å². The zero-order valence-electron chi connectivity index (χ0n) is 23.2. The normalized spacial score (nSPS) is 17.3. The zero-order chi connectivity index (χ0) is 28.2. The Hall–Kier alpha value is -3.97. The Bertz CT molecular complexity index is 1660. The zero-order valence-corrected chi connectivity index (χ0v) is 24.1. The van der Waals surface area contributed by atoms with Gasteiger partial charge in [0.25, 0.3) is 5.78 Å². The first-order valence-electron chi connectivity index (χ1n) is 12.8. The summed E-state index contributed by atoms with van der Waals surface area (Å²) in [6, 6.07) is 16.3. The molecule has 0 saturated carbocycles. The number of aliphatic hydroxyl groups is 1. The van der Waals surface area contributed by atoms with Gasteiger partial charge in [-0.05, 0) is 78.3 Å². The van der Waals surface area contributed by atoms with Gasteiger partial charge in [0, 0.05) is 5.56 Å². The van der Waals surface area contributed by atoms with Crippen molar-refractivity contribution in [1.82, 2.24) is 4.98 Å². The molecule has 0 radical (unpaired) electrons. The van der Waals surface area contributed by atoms with Crippen molar-refractivity contribution in [3.8, 4) is 5.75 Å². The number of anilines is 1. The molecule has 7 heteroatoms. The number of fused-ring (bicyclic) bond motifs is 1. The molecule has 6 nitrogen and oxygen atoms in total. The Labute approximate surface area is 232 Å². The molecule has 200 valence electrons. The van der Waals surface area contributed by atoms with Gasteiger partial charge in [-0.1, -0.05) is 62.4 Å². The van der Waals surface area contributed by atoms with Crippen LogP contribution in [-0.2, 0) is 15.0 Å². The first-order chi connectivity index (χ1) is 18.4. The van der Waals surface area contributed by atoms with E-state index in [1.807, 2.05) is 51.1 Å². The van der Waals surface area contributed by atoms with Crippen molar-refractivity contribution in [1.29, 1.82) is 0 Å². The minimum Gasteiger partial charge on any atom is -0.507 e. The van der Waals surface area contributed by atoms with E-state index in [1.54, 1.807) is 25.3 Å². The minimum absolute atomic E-state index is 0.0419. The van der Waals surface area contributed by atoms with Gasteiger partial charge in [-0.2, -0.15) is 0 Å². The summed E-state index contributed by atoms with van der Waals surface area (Å²) in [5.74, 6) is -1.00. The molecule has 1 saturated heterocycles. The van der Waals surface area contributed by atoms with Crippen molar-refractivity contribution in [3.63, 3.8) is 0 Å². The number of benzene rings is 3. The van der Waals surface area contributed by atoms with Crippen molar-refractivity contribution >= 4 is 44.1 Å². The number of thiazole rings is 1. The van der Waals surface area contributed by atoms with E-state index in [2.05, 4.69) is 26.8 Å². The van der Waals surface area contributed by atoms with Crippen LogP contribution in [0.4, 0.5) is 5.13 Å². The number of Topliss-reactive ketones (excluding diaryl/α,β-unsaturated/α-hetero) is 1. The minimum atomic E-state index is -0.830. The summed E-state index contributed by atoms with van der Waals surface area (Å²) in [5.41, 5.74) is 5.97. The van der Waals surface area contributed by atoms with Gasteiger partial charge in [0.15, 0.2) is 5.13 Å². The second kappa shape index (κ2) is 9.65. The molecule has 1 amide bonds. The van der Waals surface area contributed by atoms with Crippen molar-refractivity contribution < 1.29 is 19.4 Å². The first-order valence-corrected chi connectivity index (χ1v) is 13.7. The molecule has 2 heterocycles. The van der Waals surface area contributed by atoms with Crippen LogP contribution in [0, 0.1) is 20.8 Å². The number of methoxy groups -OCH3 is 1. The Morgan fingerprint density at radius 2 is 1.67 bits per heavy atom. The molecule has 1 fully saturated rings. The van der Waals surface area contributed by atoms with Crippen molar-refractivity contribution in [2.24, 2.45) is 0 Å². The van der Waals surface area contributed by atoms with Gasteiger partial charge in [0.05, 0.1) is 28.9 Å². The third kappa shape index (κ3) is 4.61. The fourth-order valence-electron chi connectivity index (χ4n) is 5.15. The fourth-order valence-corrected chi connectivity index (χ4v) is 6.32. The van der Waals surface area contributed by atoms with Gasteiger partial charge in [-0.25, -0.2) is 4.98 Å². The Kier molecular flexibility index (Phi) is 6.59. The van der Waals surface area contributed by atoms with Crippen molar-refractivity contribution in [3.05, 3.63) is 93.6 Å². The summed E-state index contributed by atoms with van der Waals surface area (Å²) in [6.45, 7) is 12.3. The lowest BCUT2D eigenvalue weighted by Crippen LogP contribution is -2.29. The molecule has 0 aliphatic carbocycles. The molecule has 1 atom stereocenters. The maximum Gasteiger partial charge on any atom is 0.301 e. The second-order valence-electron chi connectivity index (χ2n) is 11.2. The summed E-state index contributed by atoms with van der Waals surface area (Å²) in [4.78, 5) is 33.5. The highest BCUT2D eigenvalue weighted by Crippen LogP contribution is 2.45. The number of aromatic nitrogens is 1. The third-order valence-electron chi connectivity index (χ3n) is 7.23. The monoisotopic (exact) mass is 540 g/mol. The lowest BCUT2D eigenvalue weighted by molar-refractivity contribution is -0.132. The summed E-state index contributed by atoms with van der Waals surface area (Å²) in [7, 11) is 1.58. The SMILES string of the molecule is COc1ccc(/C(O)=C2\C(=O)C(=O)N(c3nc4c(C)cc(C)cc4s3)C2c2ccc(C(C)(C)C)cc2)cc1C. The lowest BCUT2D eigenvalue weighted by Gasteiger charge is -2.25. The molecule has 1 aliphatic heterocycles. The van der Waals surface area contributed by atoms with Gasteiger partial charge in [0.2, 0.25) is 0 Å². The topological polar surface area (TPSA) is 79.7 Å². The van der Waals surface area contributed by atoms with Crippen LogP contribution in [0.2, 0.25) is 0 Å². The molecule has 1 N–H and O–H groups in total. The van der Waals surface area contributed by atoms with E-state index < -0.39 is 17.7 Å². The highest BCUT2D eigenvalue weighted by atomic mass is 32.1. The number of aryl methyl sites for hydroxylation is 3.